The monoisotopic (exact) mass is 224 g/mol. The lowest BCUT2D eigenvalue weighted by Gasteiger charge is -2.06. The molecule has 0 aliphatic rings. The second-order valence-corrected chi connectivity index (χ2v) is 3.43. The summed E-state index contributed by atoms with van der Waals surface area (Å²) in [4.78, 5) is 0. The van der Waals surface area contributed by atoms with Crippen molar-refractivity contribution in [3.63, 3.8) is 0 Å². The van der Waals surface area contributed by atoms with E-state index < -0.39 is 0 Å². The van der Waals surface area contributed by atoms with E-state index in [4.69, 9.17) is 0 Å². The van der Waals surface area contributed by atoms with Crippen molar-refractivity contribution in [1.29, 1.82) is 0 Å². The van der Waals surface area contributed by atoms with Crippen LogP contribution in [0.15, 0.2) is 30.3 Å². The minimum atomic E-state index is 0. The van der Waals surface area contributed by atoms with Crippen LogP contribution in [-0.2, 0) is 0 Å². The van der Waals surface area contributed by atoms with Crippen LogP contribution < -0.4 is 0 Å². The summed E-state index contributed by atoms with van der Waals surface area (Å²) in [6.45, 7) is 12.7. The highest BCUT2D eigenvalue weighted by atomic mass is 14.0. The predicted molar refractivity (Wildman–Crippen MR) is 79.2 cm³/mol. The average Bonchev–Trinajstić information content (AvgIpc) is 2.33. The third kappa shape index (κ3) is 11.3. The Bertz CT molecular complexity index is 188. The lowest BCUT2D eigenvalue weighted by Crippen LogP contribution is -1.88. The van der Waals surface area contributed by atoms with Crippen LogP contribution in [0.5, 0.6) is 0 Å². The molecule has 0 N–H and O–H groups in total. The smallest absolute Gasteiger partial charge is 0.0193 e. The minimum Gasteiger partial charge on any atom is -0.0776 e. The molecule has 16 heavy (non-hydrogen) atoms. The Morgan fingerprint density at radius 3 is 1.62 bits per heavy atom. The lowest BCUT2D eigenvalue weighted by atomic mass is 9.99. The Morgan fingerprint density at radius 1 is 0.938 bits per heavy atom. The van der Waals surface area contributed by atoms with E-state index in [0.29, 0.717) is 5.92 Å². The molecule has 0 bridgehead atoms. The van der Waals surface area contributed by atoms with Crippen LogP contribution >= 0.6 is 0 Å². The summed E-state index contributed by atoms with van der Waals surface area (Å²) in [6, 6.07) is 10.6. The van der Waals surface area contributed by atoms with Crippen LogP contribution in [0.4, 0.5) is 0 Å². The van der Waals surface area contributed by atoms with Crippen LogP contribution in [0.1, 0.15) is 73.3 Å². The van der Waals surface area contributed by atoms with E-state index in [0.717, 1.165) is 0 Å². The summed E-state index contributed by atoms with van der Waals surface area (Å²) in [5, 5.41) is 0. The van der Waals surface area contributed by atoms with E-state index in [1.54, 1.807) is 0 Å². The number of benzene rings is 1. The van der Waals surface area contributed by atoms with Crippen LogP contribution in [0.2, 0.25) is 0 Å². The van der Waals surface area contributed by atoms with Gasteiger partial charge in [-0.1, -0.05) is 85.7 Å². The lowest BCUT2D eigenvalue weighted by molar-refractivity contribution is 0.733. The molecule has 1 aromatic rings. The minimum absolute atomic E-state index is 0. The van der Waals surface area contributed by atoms with Crippen LogP contribution in [-0.4, -0.2) is 0 Å². The molecule has 96 valence electrons. The van der Waals surface area contributed by atoms with Gasteiger partial charge in [-0.3, -0.25) is 0 Å². The van der Waals surface area contributed by atoms with Crippen LogP contribution in [0, 0.1) is 0 Å². The van der Waals surface area contributed by atoms with Gasteiger partial charge in [-0.15, -0.1) is 0 Å². The Kier molecular flexibility index (Phi) is 21.4. The van der Waals surface area contributed by atoms with Gasteiger partial charge in [-0.2, -0.15) is 0 Å². The number of hydrogen-bond acceptors (Lipinski definition) is 0. The fourth-order valence-corrected chi connectivity index (χ4v) is 1.02. The van der Waals surface area contributed by atoms with E-state index >= 15 is 0 Å². The largest absolute Gasteiger partial charge is 0.0776 e. The molecular formula is C16H32. The second kappa shape index (κ2) is 16.6. The molecule has 1 aromatic carbocycles. The molecule has 0 saturated heterocycles. The fraction of sp³-hybridized carbons (Fsp3) is 0.625. The maximum Gasteiger partial charge on any atom is -0.0193 e. The maximum atomic E-state index is 2.26. The van der Waals surface area contributed by atoms with Crippen LogP contribution in [0.25, 0.3) is 0 Å². The van der Waals surface area contributed by atoms with Gasteiger partial charge in [0, 0.05) is 0 Å². The van der Waals surface area contributed by atoms with Crippen molar-refractivity contribution in [3.05, 3.63) is 35.9 Å². The quantitative estimate of drug-likeness (QED) is 0.554. The molecule has 0 aromatic heterocycles. The zero-order chi connectivity index (χ0) is 12.1. The molecule has 0 radical (unpaired) electrons. The van der Waals surface area contributed by atoms with Crippen molar-refractivity contribution in [1.82, 2.24) is 0 Å². The van der Waals surface area contributed by atoms with Crippen molar-refractivity contribution < 1.29 is 0 Å². The summed E-state index contributed by atoms with van der Waals surface area (Å²) in [7, 11) is 0. The van der Waals surface area contributed by atoms with Crippen molar-refractivity contribution in [2.24, 2.45) is 0 Å². The van der Waals surface area contributed by atoms with Crippen molar-refractivity contribution in [2.75, 3.05) is 0 Å². The topological polar surface area (TPSA) is 0 Å². The van der Waals surface area contributed by atoms with Gasteiger partial charge in [0.05, 0.1) is 0 Å². The summed E-state index contributed by atoms with van der Waals surface area (Å²) in [5.74, 6) is 0.709. The van der Waals surface area contributed by atoms with Gasteiger partial charge in [0.25, 0.3) is 0 Å². The molecule has 0 saturated carbocycles. The highest BCUT2D eigenvalue weighted by Crippen LogP contribution is 2.16. The Hall–Kier alpha value is -0.780. The number of hydrogen-bond donors (Lipinski definition) is 0. The first kappa shape index (κ1) is 20.6. The third-order valence-electron chi connectivity index (χ3n) is 1.98. The Morgan fingerprint density at radius 2 is 1.31 bits per heavy atom. The van der Waals surface area contributed by atoms with E-state index in [1.165, 1.54) is 18.4 Å². The standard InChI is InChI=1S/C10H14.C3H8.C2H6.CH4/c1-3-9(2)10-7-5-4-6-8-10;1-3-2;1-2;/h4-9H,3H2,1-2H3;3H2,1-2H3;1-2H3;1H4. The van der Waals surface area contributed by atoms with Gasteiger partial charge >= 0.3 is 0 Å². The van der Waals surface area contributed by atoms with Gasteiger partial charge in [-0.05, 0) is 17.9 Å². The van der Waals surface area contributed by atoms with E-state index in [-0.39, 0.29) is 7.43 Å². The molecule has 0 aliphatic carbocycles. The molecule has 1 unspecified atom stereocenters. The molecule has 0 heteroatoms. The molecule has 0 heterocycles. The van der Waals surface area contributed by atoms with Gasteiger partial charge in [0.2, 0.25) is 0 Å². The van der Waals surface area contributed by atoms with E-state index in [2.05, 4.69) is 58.0 Å². The molecule has 0 amide bonds. The molecule has 1 atom stereocenters. The number of rotatable bonds is 2. The summed E-state index contributed by atoms with van der Waals surface area (Å²) in [5.41, 5.74) is 1.45. The fourth-order valence-electron chi connectivity index (χ4n) is 1.02. The van der Waals surface area contributed by atoms with Gasteiger partial charge < -0.3 is 0 Å². The van der Waals surface area contributed by atoms with Gasteiger partial charge in [0.15, 0.2) is 0 Å². The zero-order valence-corrected chi connectivity index (χ0v) is 11.4. The Labute approximate surface area is 104 Å². The molecule has 0 fully saturated rings. The van der Waals surface area contributed by atoms with Crippen molar-refractivity contribution in [3.8, 4) is 0 Å². The maximum absolute atomic E-state index is 2.26. The van der Waals surface area contributed by atoms with Gasteiger partial charge in [-0.25, -0.2) is 0 Å². The molecule has 0 nitrogen and oxygen atoms in total. The van der Waals surface area contributed by atoms with Gasteiger partial charge in [0.1, 0.15) is 0 Å². The summed E-state index contributed by atoms with van der Waals surface area (Å²) < 4.78 is 0. The SMILES string of the molecule is C.CC.CCC.CCC(C)c1ccccc1. The molecular weight excluding hydrogens is 192 g/mol. The predicted octanol–water partition coefficient (Wildman–Crippen LogP) is 6.28. The normalized spacial score (nSPS) is 9.62. The zero-order valence-electron chi connectivity index (χ0n) is 11.4. The highest BCUT2D eigenvalue weighted by molar-refractivity contribution is 5.18. The van der Waals surface area contributed by atoms with Crippen LogP contribution in [0.3, 0.4) is 0 Å². The summed E-state index contributed by atoms with van der Waals surface area (Å²) >= 11 is 0. The first-order chi connectivity index (χ1) is 7.26. The highest BCUT2D eigenvalue weighted by Gasteiger charge is 1.98. The van der Waals surface area contributed by atoms with Crippen molar-refractivity contribution >= 4 is 0 Å². The average molecular weight is 224 g/mol. The molecule has 0 aliphatic heterocycles. The second-order valence-electron chi connectivity index (χ2n) is 3.43. The van der Waals surface area contributed by atoms with Crippen molar-refractivity contribution in [2.45, 2.75) is 67.7 Å². The molecule has 0 spiro atoms. The molecule has 1 rings (SSSR count). The first-order valence-electron chi connectivity index (χ1n) is 6.31. The van der Waals surface area contributed by atoms with E-state index in [1.807, 2.05) is 13.8 Å². The van der Waals surface area contributed by atoms with E-state index in [9.17, 15) is 0 Å². The first-order valence-corrected chi connectivity index (χ1v) is 6.31. The summed E-state index contributed by atoms with van der Waals surface area (Å²) in [6.07, 6.45) is 2.48. The Balaban J connectivity index is -0.000000246. The third-order valence-corrected chi connectivity index (χ3v) is 1.98.